The van der Waals surface area contributed by atoms with E-state index in [4.69, 9.17) is 76.5 Å². The number of carbonyl (C=O) groups is 6. The molecule has 22 heteroatoms. The maximum absolute atomic E-state index is 14.0. The molecule has 14 rings (SSSR count). The Bertz CT molecular complexity index is 5750. The standard InChI is InChI=1S/C120H148N2O20/c1-11-21-25-29-33-37-41-45-52-58-81-85-65-87-82(59-53-46-42-38-34-30-26-22-12-2)89-67-91-84(61-55-48-44-40-36-32-28-24-14-4)92-68-90-83(60-54-47-43-39-35-31-27-23-13-3)88-66-86(81)95-70-97(88)132-105-75-111(139-117(125)17-7)112(140-118(126)18-8)76-106(105)134-99(90)72-101(92)136-108-78-114(142-120(128)20-10)113(141-119(127)19-9)77-107(108)135-100(91)71-98(89)133-104-74-110(138-116(124)16-6)109(137-115(123)15-5)73-103(104)131-96(87)69-94(85)129-93-63-62-80(64-102(93)130-95)122-121-79-56-50-49-51-57-79/h49-51,56-57,62-78,81-84H,11-48,52-55,58-61H2,1-10H3. The number of hydrogen-bond acceptors (Lipinski definition) is 22. The SMILES string of the molecule is CCCCCCCCCCCC1c2cc3c4cc2Oc2ccc(N=Nc5ccccc5)cc2Oc2cc5c(cc21)C(CCCCCCCCCCC)c1cc2c(cc1Oc1cc(OC(=O)CC)c(OC(=O)CC)cc1O5)Oc1cc(OC(=O)CC)c(OC(=O)CC)cc1Oc1cc(c(cc1C2CCCCCCCCCCC)C3CCCCCCCCCCC)Oc1cc(OC(=O)CC)c(OC(=O)CC)cc1O4. The molecule has 142 heavy (non-hydrogen) atoms. The molecule has 1 aliphatic carbocycles. The topological polar surface area (TPSA) is 256 Å². The molecule has 4 unspecified atom stereocenters. The third-order valence-electron chi connectivity index (χ3n) is 27.8. The lowest BCUT2D eigenvalue weighted by Gasteiger charge is -2.30. The van der Waals surface area contributed by atoms with Gasteiger partial charge in [0.1, 0.15) is 46.0 Å². The highest BCUT2D eigenvalue weighted by atomic mass is 16.6. The summed E-state index contributed by atoms with van der Waals surface area (Å²) in [4.78, 5) is 83.8. The Morgan fingerprint density at radius 2 is 0.387 bits per heavy atom. The van der Waals surface area contributed by atoms with Crippen molar-refractivity contribution in [2.75, 3.05) is 0 Å². The molecule has 0 aromatic heterocycles. The van der Waals surface area contributed by atoms with E-state index in [9.17, 15) is 28.8 Å². The zero-order chi connectivity index (χ0) is 99.6. The molecule has 0 fully saturated rings. The van der Waals surface area contributed by atoms with Crippen molar-refractivity contribution in [1.82, 2.24) is 0 Å². The highest BCUT2D eigenvalue weighted by Crippen LogP contribution is 2.62. The van der Waals surface area contributed by atoms with E-state index in [1.807, 2.05) is 72.8 Å². The molecule has 9 aromatic carbocycles. The summed E-state index contributed by atoms with van der Waals surface area (Å²) in [6.45, 7) is 19.1. The summed E-state index contributed by atoms with van der Waals surface area (Å²) in [6.07, 6.45) is 40.4. The molecule has 9 aromatic rings. The largest absolute Gasteiger partial charge is 0.453 e. The van der Waals surface area contributed by atoms with Crippen LogP contribution in [0.1, 0.15) is 433 Å². The number of esters is 6. The van der Waals surface area contributed by atoms with Gasteiger partial charge in [-0.05, 0) is 74.2 Å². The minimum absolute atomic E-state index is 0.0161. The highest BCUT2D eigenvalue weighted by molar-refractivity contribution is 5.81. The van der Waals surface area contributed by atoms with E-state index in [0.717, 1.165) is 211 Å². The molecule has 0 saturated heterocycles. The summed E-state index contributed by atoms with van der Waals surface area (Å²) < 4.78 is 99.4. The molecule has 0 radical (unpaired) electrons. The normalized spacial score (nSPS) is 14.7. The number of hydrogen-bond donors (Lipinski definition) is 0. The quantitative estimate of drug-likeness (QED) is 0.0148. The van der Waals surface area contributed by atoms with Crippen LogP contribution in [0.25, 0.3) is 0 Å². The molecule has 22 nitrogen and oxygen atoms in total. The van der Waals surface area contributed by atoms with Gasteiger partial charge < -0.3 is 66.3 Å². The van der Waals surface area contributed by atoms with Gasteiger partial charge in [0.25, 0.3) is 0 Å². The van der Waals surface area contributed by atoms with E-state index >= 15 is 0 Å². The Balaban J connectivity index is 1.16. The van der Waals surface area contributed by atoms with Crippen molar-refractivity contribution < 1.29 is 95.1 Å². The van der Waals surface area contributed by atoms with Crippen molar-refractivity contribution in [1.29, 1.82) is 0 Å². The van der Waals surface area contributed by atoms with Crippen molar-refractivity contribution in [3.63, 3.8) is 0 Å². The number of unbranched alkanes of at least 4 members (excludes halogenated alkanes) is 32. The molecule has 0 N–H and O–H groups in total. The fourth-order valence-corrected chi connectivity index (χ4v) is 19.8. The second kappa shape index (κ2) is 53.8. The van der Waals surface area contributed by atoms with E-state index in [1.165, 1.54) is 76.3 Å². The van der Waals surface area contributed by atoms with E-state index in [0.29, 0.717) is 94.6 Å². The number of fused-ring (bicyclic) bond motifs is 4. The fourth-order valence-electron chi connectivity index (χ4n) is 19.8. The zero-order valence-corrected chi connectivity index (χ0v) is 85.6. The molecule has 4 atom stereocenters. The van der Waals surface area contributed by atoms with Crippen LogP contribution in [-0.2, 0) is 28.8 Å². The summed E-state index contributed by atoms with van der Waals surface area (Å²) in [6, 6.07) is 41.3. The average Bonchev–Trinajstić information content (AvgIpc) is 1.48. The second-order valence-electron chi connectivity index (χ2n) is 38.6. The van der Waals surface area contributed by atoms with Crippen LogP contribution in [0.15, 0.2) is 144 Å². The number of azo groups is 1. The molecular formula is C120H148N2O20. The predicted octanol–water partition coefficient (Wildman–Crippen LogP) is 36.1. The minimum atomic E-state index is -0.620. The molecule has 4 heterocycles. The van der Waals surface area contributed by atoms with Crippen molar-refractivity contribution in [3.05, 3.63) is 178 Å². The Morgan fingerprint density at radius 1 is 0.197 bits per heavy atom. The van der Waals surface area contributed by atoms with E-state index in [1.54, 1.807) is 65.8 Å². The Morgan fingerprint density at radius 3 is 0.599 bits per heavy atom. The van der Waals surface area contributed by atoms with Crippen LogP contribution in [0, 0.1) is 0 Å². The third-order valence-corrected chi connectivity index (χ3v) is 27.8. The van der Waals surface area contributed by atoms with Gasteiger partial charge in [0.05, 0.1) is 11.4 Å². The molecule has 8 bridgehead atoms. The number of nitrogens with zero attached hydrogens (tertiary/aromatic N) is 2. The first kappa shape index (κ1) is 106. The van der Waals surface area contributed by atoms with Crippen LogP contribution in [0.2, 0.25) is 0 Å². The molecule has 4 aliphatic heterocycles. The molecule has 758 valence electrons. The average molecular weight is 1940 g/mol. The maximum Gasteiger partial charge on any atom is 0.311 e. The number of ether oxygens (including phenoxy) is 14. The Kier molecular flexibility index (Phi) is 40.0. The predicted molar refractivity (Wildman–Crippen MR) is 553 cm³/mol. The lowest BCUT2D eigenvalue weighted by atomic mass is 9.76. The highest BCUT2D eigenvalue weighted by Gasteiger charge is 2.41. The summed E-state index contributed by atoms with van der Waals surface area (Å²) in [5.41, 5.74) is 7.37. The van der Waals surface area contributed by atoms with Gasteiger partial charge in [0.15, 0.2) is 80.5 Å². The van der Waals surface area contributed by atoms with E-state index in [2.05, 4.69) is 52.0 Å². The fraction of sp³-hybridized carbons (Fsp3) is 0.500. The first-order valence-electron chi connectivity index (χ1n) is 54.0. The van der Waals surface area contributed by atoms with Crippen LogP contribution in [0.3, 0.4) is 0 Å². The zero-order valence-electron chi connectivity index (χ0n) is 85.6. The first-order valence-corrected chi connectivity index (χ1v) is 54.0. The van der Waals surface area contributed by atoms with Crippen molar-refractivity contribution in [2.24, 2.45) is 10.2 Å². The maximum atomic E-state index is 14.0. The van der Waals surface area contributed by atoms with Crippen LogP contribution < -0.4 is 66.3 Å². The van der Waals surface area contributed by atoms with Gasteiger partial charge in [-0.15, -0.1) is 0 Å². The van der Waals surface area contributed by atoms with E-state index in [-0.39, 0.29) is 108 Å². The van der Waals surface area contributed by atoms with Crippen LogP contribution >= 0.6 is 0 Å². The van der Waals surface area contributed by atoms with Crippen LogP contribution in [-0.4, -0.2) is 35.8 Å². The van der Waals surface area contributed by atoms with Gasteiger partial charge in [-0.3, -0.25) is 28.8 Å². The van der Waals surface area contributed by atoms with Crippen LogP contribution in [0.5, 0.6) is 126 Å². The summed E-state index contributed by atoms with van der Waals surface area (Å²) in [5, 5.41) is 9.61. The van der Waals surface area contributed by atoms with Gasteiger partial charge in [-0.25, -0.2) is 0 Å². The molecule has 0 spiro atoms. The molecular weight excluding hydrogens is 1790 g/mol. The Labute approximate surface area is 840 Å². The molecule has 5 aliphatic rings. The van der Waals surface area contributed by atoms with Crippen LogP contribution in [0.4, 0.5) is 11.4 Å². The smallest absolute Gasteiger partial charge is 0.311 e. The summed E-state index contributed by atoms with van der Waals surface area (Å²) in [5.74, 6) is -2.39. The Hall–Kier alpha value is -12.2. The van der Waals surface area contributed by atoms with Gasteiger partial charge in [0.2, 0.25) is 0 Å². The second-order valence-corrected chi connectivity index (χ2v) is 38.6. The van der Waals surface area contributed by atoms with Gasteiger partial charge in [0, 0.05) is 173 Å². The van der Waals surface area contributed by atoms with Crippen molar-refractivity contribution in [3.8, 4) is 126 Å². The first-order chi connectivity index (χ1) is 69.4. The van der Waals surface area contributed by atoms with Crippen molar-refractivity contribution in [2.45, 2.75) is 388 Å². The lowest BCUT2D eigenvalue weighted by molar-refractivity contribution is -0.136. The van der Waals surface area contributed by atoms with Gasteiger partial charge in [-0.1, -0.05) is 319 Å². The van der Waals surface area contributed by atoms with Gasteiger partial charge in [-0.2, -0.15) is 10.2 Å². The van der Waals surface area contributed by atoms with E-state index < -0.39 is 59.5 Å². The molecule has 0 amide bonds. The van der Waals surface area contributed by atoms with Crippen molar-refractivity contribution >= 4 is 47.2 Å². The van der Waals surface area contributed by atoms with Gasteiger partial charge >= 0.3 is 35.8 Å². The molecule has 0 saturated carbocycles. The number of benzene rings is 9. The minimum Gasteiger partial charge on any atom is -0.453 e. The number of rotatable bonds is 54. The third kappa shape index (κ3) is 28.2. The summed E-state index contributed by atoms with van der Waals surface area (Å²) >= 11 is 0. The summed E-state index contributed by atoms with van der Waals surface area (Å²) in [7, 11) is 0. The number of carbonyl (C=O) groups excluding carboxylic acids is 6. The lowest BCUT2D eigenvalue weighted by Crippen LogP contribution is -2.13. The monoisotopic (exact) mass is 1940 g/mol.